The Hall–Kier alpha value is -3.32. The van der Waals surface area contributed by atoms with Gasteiger partial charge in [0.2, 0.25) is 5.91 Å². The Morgan fingerprint density at radius 2 is 1.82 bits per heavy atom. The molecule has 5 nitrogen and oxygen atoms in total. The summed E-state index contributed by atoms with van der Waals surface area (Å²) in [5.41, 5.74) is 10.4. The number of nitrogens with two attached hydrogens (primary N) is 1. The largest absolute Gasteiger partial charge is 0.497 e. The molecule has 0 bridgehead atoms. The fourth-order valence-corrected chi connectivity index (χ4v) is 4.84. The van der Waals surface area contributed by atoms with Gasteiger partial charge in [0.05, 0.1) is 28.4 Å². The lowest BCUT2D eigenvalue weighted by atomic mass is 10.1. The van der Waals surface area contributed by atoms with E-state index in [1.807, 2.05) is 58.6 Å². The van der Waals surface area contributed by atoms with Gasteiger partial charge in [0.25, 0.3) is 0 Å². The third kappa shape index (κ3) is 3.97. The zero-order valence-corrected chi connectivity index (χ0v) is 19.7. The Balaban J connectivity index is 1.66. The van der Waals surface area contributed by atoms with Crippen molar-refractivity contribution in [3.05, 3.63) is 87.8 Å². The van der Waals surface area contributed by atoms with Gasteiger partial charge < -0.3 is 15.0 Å². The number of hydrogen-bond acceptors (Lipinski definition) is 4. The number of benzene rings is 3. The van der Waals surface area contributed by atoms with Crippen LogP contribution in [0.1, 0.15) is 10.4 Å². The number of halogens is 2. The summed E-state index contributed by atoms with van der Waals surface area (Å²) in [4.78, 5) is 16.7. The molecule has 0 aliphatic carbocycles. The number of nitrogens with zero attached hydrogens (tertiary/aromatic N) is 2. The highest BCUT2D eigenvalue weighted by Gasteiger charge is 2.17. The zero-order chi connectivity index (χ0) is 23.1. The molecule has 0 saturated carbocycles. The van der Waals surface area contributed by atoms with E-state index in [0.29, 0.717) is 15.6 Å². The van der Waals surface area contributed by atoms with Crippen molar-refractivity contribution in [1.29, 1.82) is 0 Å². The van der Waals surface area contributed by atoms with E-state index >= 15 is 0 Å². The van der Waals surface area contributed by atoms with E-state index in [9.17, 15) is 4.79 Å². The first-order valence-corrected chi connectivity index (χ1v) is 11.6. The number of primary amides is 1. The summed E-state index contributed by atoms with van der Waals surface area (Å²) in [6.45, 7) is 0. The predicted octanol–water partition coefficient (Wildman–Crippen LogP) is 6.84. The van der Waals surface area contributed by atoms with Gasteiger partial charge in [-0.15, -0.1) is 11.3 Å². The highest BCUT2D eigenvalue weighted by Crippen LogP contribution is 2.37. The Morgan fingerprint density at radius 1 is 1.03 bits per heavy atom. The Bertz CT molecular complexity index is 1510. The fourth-order valence-electron chi connectivity index (χ4n) is 3.69. The van der Waals surface area contributed by atoms with Crippen LogP contribution in [0.5, 0.6) is 5.75 Å². The SMILES string of the molecule is COc1ccc(-n2cc(-c3nc(-c4ccc(Cl)c(Cl)c4)cs3)c3ccc(C(N)=O)cc32)cc1. The van der Waals surface area contributed by atoms with E-state index in [0.717, 1.165) is 44.2 Å². The van der Waals surface area contributed by atoms with Gasteiger partial charge in [-0.3, -0.25) is 4.79 Å². The fraction of sp³-hybridized carbons (Fsp3) is 0.0400. The molecule has 0 radical (unpaired) electrons. The molecule has 0 unspecified atom stereocenters. The summed E-state index contributed by atoms with van der Waals surface area (Å²) in [6, 6.07) is 18.6. The summed E-state index contributed by atoms with van der Waals surface area (Å²) >= 11 is 13.8. The van der Waals surface area contributed by atoms with Gasteiger partial charge in [-0.2, -0.15) is 0 Å². The topological polar surface area (TPSA) is 70.1 Å². The number of aromatic nitrogens is 2. The number of thiazole rings is 1. The average Bonchev–Trinajstić information content (AvgIpc) is 3.45. The second-order valence-electron chi connectivity index (χ2n) is 7.37. The van der Waals surface area contributed by atoms with Crippen LogP contribution in [0.2, 0.25) is 10.0 Å². The lowest BCUT2D eigenvalue weighted by Gasteiger charge is -2.07. The number of carbonyl (C=O) groups is 1. The van der Waals surface area contributed by atoms with Crippen LogP contribution < -0.4 is 10.5 Å². The molecule has 0 aliphatic rings. The van der Waals surface area contributed by atoms with Crippen LogP contribution in [-0.2, 0) is 0 Å². The monoisotopic (exact) mass is 493 g/mol. The van der Waals surface area contributed by atoms with E-state index in [2.05, 4.69) is 0 Å². The first-order valence-electron chi connectivity index (χ1n) is 9.95. The molecule has 2 aromatic heterocycles. The van der Waals surface area contributed by atoms with Crippen LogP contribution >= 0.6 is 34.5 Å². The van der Waals surface area contributed by atoms with Crippen LogP contribution in [0.4, 0.5) is 0 Å². The number of methoxy groups -OCH3 is 1. The summed E-state index contributed by atoms with van der Waals surface area (Å²) < 4.78 is 7.31. The first-order chi connectivity index (χ1) is 15.9. The van der Waals surface area contributed by atoms with Gasteiger partial charge in [-0.25, -0.2) is 4.98 Å². The van der Waals surface area contributed by atoms with Crippen molar-refractivity contribution in [2.24, 2.45) is 5.73 Å². The number of ether oxygens (including phenoxy) is 1. The van der Waals surface area contributed by atoms with E-state index in [4.69, 9.17) is 38.7 Å². The van der Waals surface area contributed by atoms with Gasteiger partial charge in [0, 0.05) is 39.3 Å². The molecule has 2 N–H and O–H groups in total. The minimum absolute atomic E-state index is 0.442. The summed E-state index contributed by atoms with van der Waals surface area (Å²) in [6.07, 6.45) is 2.02. The minimum Gasteiger partial charge on any atom is -0.497 e. The molecule has 0 saturated heterocycles. The maximum atomic E-state index is 11.8. The van der Waals surface area contributed by atoms with Crippen molar-refractivity contribution >= 4 is 51.3 Å². The minimum atomic E-state index is -0.475. The molecule has 164 valence electrons. The number of carbonyl (C=O) groups excluding carboxylic acids is 1. The summed E-state index contributed by atoms with van der Waals surface area (Å²) in [5.74, 6) is 0.288. The highest BCUT2D eigenvalue weighted by atomic mass is 35.5. The van der Waals surface area contributed by atoms with E-state index in [-0.39, 0.29) is 0 Å². The molecule has 5 rings (SSSR count). The Labute approximate surface area is 204 Å². The van der Waals surface area contributed by atoms with E-state index in [1.165, 1.54) is 11.3 Å². The quantitative estimate of drug-likeness (QED) is 0.291. The maximum Gasteiger partial charge on any atom is 0.248 e. The molecule has 5 aromatic rings. The Morgan fingerprint density at radius 3 is 2.52 bits per heavy atom. The first kappa shape index (κ1) is 21.5. The normalized spacial score (nSPS) is 11.1. The zero-order valence-electron chi connectivity index (χ0n) is 17.4. The second-order valence-corrected chi connectivity index (χ2v) is 9.05. The third-order valence-corrected chi connectivity index (χ3v) is 7.01. The maximum absolute atomic E-state index is 11.8. The van der Waals surface area contributed by atoms with Crippen LogP contribution in [0.3, 0.4) is 0 Å². The molecule has 33 heavy (non-hydrogen) atoms. The molecule has 1 amide bonds. The van der Waals surface area contributed by atoms with E-state index in [1.54, 1.807) is 25.3 Å². The van der Waals surface area contributed by atoms with Crippen LogP contribution in [0.25, 0.3) is 38.4 Å². The van der Waals surface area contributed by atoms with Gasteiger partial charge in [-0.05, 0) is 48.5 Å². The number of hydrogen-bond donors (Lipinski definition) is 1. The van der Waals surface area contributed by atoms with Gasteiger partial charge in [0.1, 0.15) is 10.8 Å². The molecule has 8 heteroatoms. The lowest BCUT2D eigenvalue weighted by molar-refractivity contribution is 0.100. The average molecular weight is 494 g/mol. The van der Waals surface area contributed by atoms with Crippen molar-refractivity contribution < 1.29 is 9.53 Å². The molecule has 3 aromatic carbocycles. The molecule has 0 aliphatic heterocycles. The van der Waals surface area contributed by atoms with Crippen molar-refractivity contribution in [2.45, 2.75) is 0 Å². The van der Waals surface area contributed by atoms with Gasteiger partial charge >= 0.3 is 0 Å². The van der Waals surface area contributed by atoms with Crippen molar-refractivity contribution in [3.8, 4) is 33.3 Å². The molecular weight excluding hydrogens is 477 g/mol. The highest BCUT2D eigenvalue weighted by molar-refractivity contribution is 7.13. The number of rotatable bonds is 5. The standard InChI is InChI=1S/C25H17Cl2N3O2S/c1-32-17-6-4-16(5-7-17)30-12-19(18-8-2-15(24(28)31)11-23(18)30)25-29-22(13-33-25)14-3-9-20(26)21(27)10-14/h2-13H,1H3,(H2,28,31). The lowest BCUT2D eigenvalue weighted by Crippen LogP contribution is -2.10. The van der Waals surface area contributed by atoms with E-state index < -0.39 is 5.91 Å². The van der Waals surface area contributed by atoms with Gasteiger partial charge in [0.15, 0.2) is 0 Å². The van der Waals surface area contributed by atoms with Crippen molar-refractivity contribution in [2.75, 3.05) is 7.11 Å². The molecule has 2 heterocycles. The van der Waals surface area contributed by atoms with Crippen LogP contribution in [0.15, 0.2) is 72.2 Å². The van der Waals surface area contributed by atoms with Crippen LogP contribution in [0, 0.1) is 0 Å². The summed E-state index contributed by atoms with van der Waals surface area (Å²) in [5, 5.41) is 4.79. The predicted molar refractivity (Wildman–Crippen MR) is 135 cm³/mol. The third-order valence-electron chi connectivity index (χ3n) is 5.39. The van der Waals surface area contributed by atoms with Crippen LogP contribution in [-0.4, -0.2) is 22.6 Å². The summed E-state index contributed by atoms with van der Waals surface area (Å²) in [7, 11) is 1.63. The van der Waals surface area contributed by atoms with Gasteiger partial charge in [-0.1, -0.05) is 35.3 Å². The molecule has 0 spiro atoms. The number of amides is 1. The Kier molecular flexibility index (Phi) is 5.58. The van der Waals surface area contributed by atoms with Crippen molar-refractivity contribution in [1.82, 2.24) is 9.55 Å². The second kappa shape index (κ2) is 8.56. The van der Waals surface area contributed by atoms with Crippen molar-refractivity contribution in [3.63, 3.8) is 0 Å². The smallest absolute Gasteiger partial charge is 0.248 e. The molecule has 0 atom stereocenters. The molecule has 0 fully saturated rings. The molecular formula is C25H17Cl2N3O2S. The number of fused-ring (bicyclic) bond motifs is 1.